The van der Waals surface area contributed by atoms with Crippen LogP contribution in [0.25, 0.3) is 64.6 Å². The minimum atomic E-state index is -0.0678. The highest BCUT2D eigenvalue weighted by atomic mass is 14.3. The Kier molecular flexibility index (Phi) is 11.0. The van der Waals surface area contributed by atoms with Gasteiger partial charge in [0.25, 0.3) is 0 Å². The average molecular weight is 835 g/mol. The lowest BCUT2D eigenvalue weighted by Gasteiger charge is -2.23. The van der Waals surface area contributed by atoms with E-state index in [1.54, 1.807) is 0 Å². The van der Waals surface area contributed by atoms with Gasteiger partial charge in [-0.1, -0.05) is 180 Å². The summed E-state index contributed by atoms with van der Waals surface area (Å²) in [5.41, 5.74) is 11.9. The summed E-state index contributed by atoms with van der Waals surface area (Å²) in [6.45, 7) is 36.8. The molecule has 0 fully saturated rings. The van der Waals surface area contributed by atoms with Gasteiger partial charge in [0.2, 0.25) is 0 Å². The van der Waals surface area contributed by atoms with Gasteiger partial charge in [-0.25, -0.2) is 0 Å². The molecule has 0 amide bonds. The van der Waals surface area contributed by atoms with E-state index < -0.39 is 0 Å². The zero-order chi connectivity index (χ0) is 46.3. The summed E-state index contributed by atoms with van der Waals surface area (Å²) >= 11 is 0. The Labute approximate surface area is 383 Å². The van der Waals surface area contributed by atoms with Crippen LogP contribution in [0.4, 0.5) is 0 Å². The number of hydrogen-bond donors (Lipinski definition) is 0. The molecule has 0 heteroatoms. The Morgan fingerprint density at radius 1 is 0.281 bits per heavy atom. The molecule has 0 spiro atoms. The Morgan fingerprint density at radius 2 is 0.531 bits per heavy atom. The zero-order valence-electron chi connectivity index (χ0n) is 41.4. The molecule has 64 heavy (non-hydrogen) atoms. The molecule has 0 unspecified atom stereocenters. The SMILES string of the molecule is Cc1c2cc(C(C)(C)C)cc1c1ccccc1c1cc(C(C)(C)C)cc(c(C#CC#Cc3cc4cc(C(C)(C)C)cc(c4C)c4ccccc4c4cc(C(C)(C)C)cc3c4C)c2)c1C. The van der Waals surface area contributed by atoms with Crippen molar-refractivity contribution in [2.24, 2.45) is 0 Å². The van der Waals surface area contributed by atoms with E-state index in [1.807, 2.05) is 0 Å². The molecule has 0 atom stereocenters. The minimum Gasteiger partial charge on any atom is -0.0616 e. The predicted molar refractivity (Wildman–Crippen MR) is 283 cm³/mol. The van der Waals surface area contributed by atoms with Crippen LogP contribution < -0.4 is 0 Å². The van der Waals surface area contributed by atoms with Crippen LogP contribution in [0.5, 0.6) is 0 Å². The van der Waals surface area contributed by atoms with Gasteiger partial charge in [0.05, 0.1) is 0 Å². The smallest absolute Gasteiger partial charge is 0.0337 e. The standard InChI is InChI=1S/C64H66/c1-39-45-29-43(55-33-49(63(11,12)13)37-59(41(55)3)53-27-21-19-25-51(53)57(39)35-47(31-45)61(5,6)7)23-17-18-24-44-30-46-32-48(62(8,9)10)36-58(40(46)2)52-26-20-22-28-54(52)60-38-50(64(14,15)16)34-56(44)42(60)4/h19-22,25-38H,1-16H3. The monoisotopic (exact) mass is 835 g/mol. The molecular weight excluding hydrogens is 769 g/mol. The van der Waals surface area contributed by atoms with E-state index >= 15 is 0 Å². The number of benzene rings is 6. The summed E-state index contributed by atoms with van der Waals surface area (Å²) < 4.78 is 0. The third-order valence-electron chi connectivity index (χ3n) is 13.8. The van der Waals surface area contributed by atoms with E-state index in [9.17, 15) is 0 Å². The van der Waals surface area contributed by atoms with Crippen LogP contribution in [0.2, 0.25) is 0 Å². The molecule has 0 N–H and O–H groups in total. The van der Waals surface area contributed by atoms with Gasteiger partial charge in [-0.15, -0.1) is 0 Å². The van der Waals surface area contributed by atoms with Crippen LogP contribution in [0.3, 0.4) is 0 Å². The van der Waals surface area contributed by atoms with Gasteiger partial charge in [0.1, 0.15) is 0 Å². The van der Waals surface area contributed by atoms with Gasteiger partial charge < -0.3 is 0 Å². The fraction of sp³-hybridized carbons (Fsp3) is 0.312. The molecule has 8 rings (SSSR count). The maximum absolute atomic E-state index is 3.70. The Hall–Kier alpha value is -6.08. The summed E-state index contributed by atoms with van der Waals surface area (Å²) in [6, 6.07) is 41.8. The summed E-state index contributed by atoms with van der Waals surface area (Å²) in [4.78, 5) is 0. The number of rotatable bonds is 0. The van der Waals surface area contributed by atoms with Crippen LogP contribution in [-0.4, -0.2) is 0 Å². The zero-order valence-corrected chi connectivity index (χ0v) is 41.4. The largest absolute Gasteiger partial charge is 0.0616 e. The van der Waals surface area contributed by atoms with E-state index in [0.29, 0.717) is 0 Å². The van der Waals surface area contributed by atoms with Gasteiger partial charge >= 0.3 is 0 Å². The van der Waals surface area contributed by atoms with Crippen molar-refractivity contribution in [3.05, 3.63) is 165 Å². The van der Waals surface area contributed by atoms with E-state index in [4.69, 9.17) is 0 Å². The van der Waals surface area contributed by atoms with E-state index in [-0.39, 0.29) is 21.7 Å². The Bertz CT molecular complexity index is 3210. The molecule has 0 aromatic heterocycles. The molecule has 0 nitrogen and oxygen atoms in total. The maximum atomic E-state index is 3.70. The molecule has 0 saturated carbocycles. The van der Waals surface area contributed by atoms with Crippen molar-refractivity contribution < 1.29 is 0 Å². The van der Waals surface area contributed by atoms with Gasteiger partial charge in [-0.2, -0.15) is 0 Å². The number of hydrogen-bond acceptors (Lipinski definition) is 0. The van der Waals surface area contributed by atoms with Crippen molar-refractivity contribution >= 4 is 64.6 Å². The second-order valence-corrected chi connectivity index (χ2v) is 22.6. The normalized spacial score (nSPS) is 12.4. The molecule has 0 aliphatic heterocycles. The van der Waals surface area contributed by atoms with E-state index in [2.05, 4.69) is 244 Å². The topological polar surface area (TPSA) is 0 Å². The van der Waals surface area contributed by atoms with Crippen LogP contribution >= 0.6 is 0 Å². The molecule has 0 aliphatic rings. The Morgan fingerprint density at radius 3 is 0.812 bits per heavy atom. The molecule has 0 radical (unpaired) electrons. The fourth-order valence-corrected chi connectivity index (χ4v) is 9.39. The van der Waals surface area contributed by atoms with Gasteiger partial charge in [0.15, 0.2) is 0 Å². The summed E-state index contributed by atoms with van der Waals surface area (Å²) in [5, 5.41) is 14.8. The average Bonchev–Trinajstić information content (AvgIpc) is 3.21. The second-order valence-electron chi connectivity index (χ2n) is 22.6. The highest BCUT2D eigenvalue weighted by Crippen LogP contribution is 2.39. The molecule has 322 valence electrons. The minimum absolute atomic E-state index is 0.0376. The number of fused-ring (bicyclic) bond motifs is 14. The van der Waals surface area contributed by atoms with Gasteiger partial charge in [0, 0.05) is 11.1 Å². The van der Waals surface area contributed by atoms with Crippen molar-refractivity contribution in [2.75, 3.05) is 0 Å². The lowest BCUT2D eigenvalue weighted by Crippen LogP contribution is -2.11. The van der Waals surface area contributed by atoms with Crippen molar-refractivity contribution in [1.82, 2.24) is 0 Å². The fourth-order valence-electron chi connectivity index (χ4n) is 9.39. The van der Waals surface area contributed by atoms with Gasteiger partial charge in [-0.3, -0.25) is 0 Å². The molecule has 8 aromatic rings. The van der Waals surface area contributed by atoms with Crippen molar-refractivity contribution in [1.29, 1.82) is 0 Å². The first kappa shape index (κ1) is 44.5. The predicted octanol–water partition coefficient (Wildman–Crippen LogP) is 17.6. The van der Waals surface area contributed by atoms with Crippen molar-refractivity contribution in [3.8, 4) is 23.7 Å². The molecule has 0 saturated heterocycles. The highest BCUT2D eigenvalue weighted by molar-refractivity contribution is 6.12. The lowest BCUT2D eigenvalue weighted by molar-refractivity contribution is 0.591. The third kappa shape index (κ3) is 8.26. The van der Waals surface area contributed by atoms with Crippen LogP contribution in [0.1, 0.15) is 139 Å². The summed E-state index contributed by atoms with van der Waals surface area (Å²) in [6.07, 6.45) is 0. The van der Waals surface area contributed by atoms with Crippen LogP contribution in [0.15, 0.2) is 109 Å². The lowest BCUT2D eigenvalue weighted by atomic mass is 9.82. The molecule has 0 heterocycles. The summed E-state index contributed by atoms with van der Waals surface area (Å²) in [5.74, 6) is 14.3. The Balaban J connectivity index is 1.51. The molecular formula is C64H66. The van der Waals surface area contributed by atoms with Gasteiger partial charge in [-0.05, 0) is 195 Å². The van der Waals surface area contributed by atoms with Crippen molar-refractivity contribution in [3.63, 3.8) is 0 Å². The summed E-state index contributed by atoms with van der Waals surface area (Å²) in [7, 11) is 0. The maximum Gasteiger partial charge on any atom is 0.0337 e. The quantitative estimate of drug-likeness (QED) is 0.134. The first-order chi connectivity index (χ1) is 29.9. The first-order valence-electron chi connectivity index (χ1n) is 23.2. The second kappa shape index (κ2) is 15.9. The highest BCUT2D eigenvalue weighted by Gasteiger charge is 2.22. The number of aryl methyl sites for hydroxylation is 4. The van der Waals surface area contributed by atoms with E-state index in [0.717, 1.165) is 21.9 Å². The van der Waals surface area contributed by atoms with E-state index in [1.165, 1.54) is 98.4 Å². The van der Waals surface area contributed by atoms with Crippen LogP contribution in [0, 0.1) is 51.4 Å². The molecule has 0 aliphatic carbocycles. The third-order valence-corrected chi connectivity index (χ3v) is 13.8. The molecule has 8 aromatic carbocycles. The van der Waals surface area contributed by atoms with Crippen LogP contribution in [-0.2, 0) is 21.7 Å². The first-order valence-corrected chi connectivity index (χ1v) is 23.2. The van der Waals surface area contributed by atoms with Crippen molar-refractivity contribution in [2.45, 2.75) is 132 Å². The molecule has 8 bridgehead atoms.